The van der Waals surface area contributed by atoms with Gasteiger partial charge in [0.05, 0.1) is 6.61 Å². The Hall–Kier alpha value is -2.61. The molecule has 0 saturated carbocycles. The first kappa shape index (κ1) is 24.4. The van der Waals surface area contributed by atoms with Gasteiger partial charge in [0.15, 0.2) is 0 Å². The molecular formula is C19H32N4O4. The van der Waals surface area contributed by atoms with Gasteiger partial charge in [-0.1, -0.05) is 39.3 Å². The third-order valence-electron chi connectivity index (χ3n) is 3.78. The number of hydrogen-bond acceptors (Lipinski definition) is 4. The summed E-state index contributed by atoms with van der Waals surface area (Å²) in [5.41, 5.74) is 6.23. The van der Waals surface area contributed by atoms with Crippen molar-refractivity contribution >= 4 is 24.0 Å². The summed E-state index contributed by atoms with van der Waals surface area (Å²) >= 11 is 0. The molecule has 0 heterocycles. The average molecular weight is 380 g/mol. The number of carbonyl (C=O) groups excluding carboxylic acids is 3. The van der Waals surface area contributed by atoms with Crippen LogP contribution >= 0.6 is 0 Å². The van der Waals surface area contributed by atoms with Crippen LogP contribution in [0.4, 0.5) is 10.5 Å². The number of benzene rings is 1. The van der Waals surface area contributed by atoms with Gasteiger partial charge in [-0.25, -0.2) is 4.79 Å². The van der Waals surface area contributed by atoms with E-state index in [0.29, 0.717) is 31.5 Å². The maximum Gasteiger partial charge on any atom is 0.312 e. The van der Waals surface area contributed by atoms with Crippen LogP contribution in [0.2, 0.25) is 0 Å². The summed E-state index contributed by atoms with van der Waals surface area (Å²) in [7, 11) is 0. The molecule has 1 aromatic rings. The molecule has 1 atom stereocenters. The number of rotatable bonds is 10. The lowest BCUT2D eigenvalue weighted by Gasteiger charge is -2.16. The molecule has 27 heavy (non-hydrogen) atoms. The highest BCUT2D eigenvalue weighted by atomic mass is 16.3. The average Bonchev–Trinajstić information content (AvgIpc) is 2.65. The van der Waals surface area contributed by atoms with Gasteiger partial charge < -0.3 is 26.8 Å². The standard InChI is InChI=1S/C14H20N4O4.C5H12/c15-14(22)16-7-1-2-12(17-9-20)13(21)18-11-5-3-10(8-19)4-6-11;1-4-5(2)3/h3-6,9,12,19H,1-2,7-8H2,(H,17,20)(H,18,21)(H3,15,16,22);5H,4H2,1-3H3. The molecular weight excluding hydrogens is 348 g/mol. The second-order valence-corrected chi connectivity index (χ2v) is 6.42. The summed E-state index contributed by atoms with van der Waals surface area (Å²) in [6, 6.07) is 5.37. The van der Waals surface area contributed by atoms with E-state index in [0.717, 1.165) is 11.5 Å². The molecule has 0 aromatic heterocycles. The summed E-state index contributed by atoms with van der Waals surface area (Å²) in [4.78, 5) is 33.2. The van der Waals surface area contributed by atoms with Crippen LogP contribution in [0.15, 0.2) is 24.3 Å². The van der Waals surface area contributed by atoms with E-state index in [1.807, 2.05) is 0 Å². The van der Waals surface area contributed by atoms with Gasteiger partial charge in [0, 0.05) is 12.2 Å². The highest BCUT2D eigenvalue weighted by Gasteiger charge is 2.17. The number of aliphatic hydroxyl groups excluding tert-OH is 1. The van der Waals surface area contributed by atoms with Crippen molar-refractivity contribution in [2.75, 3.05) is 11.9 Å². The summed E-state index contributed by atoms with van der Waals surface area (Å²) < 4.78 is 0. The fraction of sp³-hybridized carbons (Fsp3) is 0.526. The smallest absolute Gasteiger partial charge is 0.312 e. The number of hydrogen-bond donors (Lipinski definition) is 5. The molecule has 0 radical (unpaired) electrons. The number of nitrogens with one attached hydrogen (secondary N) is 3. The van der Waals surface area contributed by atoms with E-state index in [9.17, 15) is 14.4 Å². The number of anilines is 1. The van der Waals surface area contributed by atoms with Crippen LogP contribution in [0, 0.1) is 5.92 Å². The third-order valence-corrected chi connectivity index (χ3v) is 3.78. The van der Waals surface area contributed by atoms with Crippen molar-refractivity contribution in [2.24, 2.45) is 11.7 Å². The Bertz CT molecular complexity index is 561. The summed E-state index contributed by atoms with van der Waals surface area (Å²) in [6.07, 6.45) is 2.62. The molecule has 4 amide bonds. The second kappa shape index (κ2) is 14.5. The molecule has 152 valence electrons. The molecule has 8 nitrogen and oxygen atoms in total. The Morgan fingerprint density at radius 2 is 1.81 bits per heavy atom. The molecule has 0 fully saturated rings. The van der Waals surface area contributed by atoms with Crippen LogP contribution in [0.1, 0.15) is 45.6 Å². The van der Waals surface area contributed by atoms with Crippen molar-refractivity contribution in [1.82, 2.24) is 10.6 Å². The zero-order valence-electron chi connectivity index (χ0n) is 16.3. The van der Waals surface area contributed by atoms with Crippen molar-refractivity contribution in [3.8, 4) is 0 Å². The Kier molecular flexibility index (Phi) is 13.1. The first-order valence-corrected chi connectivity index (χ1v) is 9.07. The maximum absolute atomic E-state index is 12.1. The molecule has 1 rings (SSSR count). The Morgan fingerprint density at radius 1 is 1.22 bits per heavy atom. The lowest BCUT2D eigenvalue weighted by atomic mass is 10.1. The lowest BCUT2D eigenvalue weighted by Crippen LogP contribution is -2.40. The minimum atomic E-state index is -0.704. The van der Waals surface area contributed by atoms with Gasteiger partial charge in [0.2, 0.25) is 12.3 Å². The van der Waals surface area contributed by atoms with Crippen molar-refractivity contribution in [2.45, 2.75) is 52.7 Å². The largest absolute Gasteiger partial charge is 0.392 e. The van der Waals surface area contributed by atoms with Crippen LogP contribution < -0.4 is 21.7 Å². The number of nitrogens with two attached hydrogens (primary N) is 1. The summed E-state index contributed by atoms with van der Waals surface area (Å²) in [6.45, 7) is 6.89. The zero-order valence-corrected chi connectivity index (χ0v) is 16.3. The highest BCUT2D eigenvalue weighted by Crippen LogP contribution is 2.10. The van der Waals surface area contributed by atoms with E-state index < -0.39 is 12.1 Å². The molecule has 8 heteroatoms. The van der Waals surface area contributed by atoms with Gasteiger partial charge in [-0.05, 0) is 36.5 Å². The SMILES string of the molecule is CCC(C)C.NC(=O)NCCCC(NC=O)C(=O)Nc1ccc(CO)cc1. The van der Waals surface area contributed by atoms with Crippen LogP contribution in [0.3, 0.4) is 0 Å². The number of primary amides is 1. The molecule has 6 N–H and O–H groups in total. The first-order valence-electron chi connectivity index (χ1n) is 9.07. The van der Waals surface area contributed by atoms with E-state index in [2.05, 4.69) is 36.7 Å². The number of aliphatic hydroxyl groups is 1. The zero-order chi connectivity index (χ0) is 20.7. The van der Waals surface area contributed by atoms with Crippen LogP contribution in [0.5, 0.6) is 0 Å². The minimum Gasteiger partial charge on any atom is -0.392 e. The molecule has 1 unspecified atom stereocenters. The lowest BCUT2D eigenvalue weighted by molar-refractivity contribution is -0.121. The molecule has 0 aliphatic carbocycles. The molecule has 0 spiro atoms. The molecule has 0 aliphatic heterocycles. The molecule has 0 bridgehead atoms. The highest BCUT2D eigenvalue weighted by molar-refractivity contribution is 5.95. The fourth-order valence-electron chi connectivity index (χ4n) is 1.81. The third kappa shape index (κ3) is 12.4. The van der Waals surface area contributed by atoms with Gasteiger partial charge >= 0.3 is 6.03 Å². The fourth-order valence-corrected chi connectivity index (χ4v) is 1.81. The quantitative estimate of drug-likeness (QED) is 0.312. The monoisotopic (exact) mass is 380 g/mol. The van der Waals surface area contributed by atoms with Crippen molar-refractivity contribution in [3.05, 3.63) is 29.8 Å². The van der Waals surface area contributed by atoms with E-state index in [1.54, 1.807) is 24.3 Å². The summed E-state index contributed by atoms with van der Waals surface area (Å²) in [5.74, 6) is 0.526. The van der Waals surface area contributed by atoms with Crippen molar-refractivity contribution < 1.29 is 19.5 Å². The maximum atomic E-state index is 12.1. The van der Waals surface area contributed by atoms with Gasteiger partial charge in [-0.2, -0.15) is 0 Å². The van der Waals surface area contributed by atoms with Crippen molar-refractivity contribution in [3.63, 3.8) is 0 Å². The van der Waals surface area contributed by atoms with E-state index in [4.69, 9.17) is 10.8 Å². The first-order chi connectivity index (χ1) is 12.8. The van der Waals surface area contributed by atoms with Crippen LogP contribution in [-0.4, -0.2) is 36.0 Å². The van der Waals surface area contributed by atoms with E-state index >= 15 is 0 Å². The Morgan fingerprint density at radius 3 is 2.26 bits per heavy atom. The Balaban J connectivity index is 0.00000119. The summed E-state index contributed by atoms with van der Waals surface area (Å²) in [5, 5.41) is 16.5. The predicted octanol–water partition coefficient (Wildman–Crippen LogP) is 1.73. The van der Waals surface area contributed by atoms with Crippen LogP contribution in [0.25, 0.3) is 0 Å². The topological polar surface area (TPSA) is 134 Å². The normalized spacial score (nSPS) is 11.0. The predicted molar refractivity (Wildman–Crippen MR) is 106 cm³/mol. The molecule has 0 saturated heterocycles. The van der Waals surface area contributed by atoms with Crippen molar-refractivity contribution in [1.29, 1.82) is 0 Å². The van der Waals surface area contributed by atoms with Gasteiger partial charge in [0.25, 0.3) is 0 Å². The number of amides is 4. The van der Waals surface area contributed by atoms with Gasteiger partial charge in [-0.3, -0.25) is 9.59 Å². The molecule has 0 aliphatic rings. The number of urea groups is 1. The second-order valence-electron chi connectivity index (χ2n) is 6.42. The Labute approximate surface area is 160 Å². The van der Waals surface area contributed by atoms with Crippen LogP contribution in [-0.2, 0) is 16.2 Å². The van der Waals surface area contributed by atoms with E-state index in [1.165, 1.54) is 6.42 Å². The number of carbonyl (C=O) groups is 3. The van der Waals surface area contributed by atoms with Gasteiger partial charge in [0.1, 0.15) is 6.04 Å². The van der Waals surface area contributed by atoms with Gasteiger partial charge in [-0.15, -0.1) is 0 Å². The molecule has 1 aromatic carbocycles. The minimum absolute atomic E-state index is 0.0730. The van der Waals surface area contributed by atoms with E-state index in [-0.39, 0.29) is 12.5 Å².